The Morgan fingerprint density at radius 1 is 1.38 bits per heavy atom. The molecule has 1 heterocycles. The van der Waals surface area contributed by atoms with Crippen molar-refractivity contribution in [3.05, 3.63) is 0 Å². The van der Waals surface area contributed by atoms with E-state index in [9.17, 15) is 9.59 Å². The summed E-state index contributed by atoms with van der Waals surface area (Å²) >= 11 is 0. The lowest BCUT2D eigenvalue weighted by molar-refractivity contribution is -0.131. The molecule has 0 aromatic carbocycles. The summed E-state index contributed by atoms with van der Waals surface area (Å²) in [5, 5.41) is 2.90. The molecule has 0 bridgehead atoms. The van der Waals surface area contributed by atoms with Crippen LogP contribution in [0.1, 0.15) is 45.4 Å². The third-order valence-electron chi connectivity index (χ3n) is 4.89. The lowest BCUT2D eigenvalue weighted by atomic mass is 9.81. The second-order valence-corrected chi connectivity index (χ2v) is 6.23. The van der Waals surface area contributed by atoms with Gasteiger partial charge in [0.05, 0.1) is 12.6 Å². The van der Waals surface area contributed by atoms with Crippen LogP contribution in [0.4, 0.5) is 0 Å². The van der Waals surface area contributed by atoms with Crippen LogP contribution in [0.2, 0.25) is 0 Å². The Hall–Kier alpha value is -0.940. The van der Waals surface area contributed by atoms with E-state index in [1.165, 1.54) is 0 Å². The van der Waals surface area contributed by atoms with Crippen LogP contribution >= 0.6 is 0 Å². The van der Waals surface area contributed by atoms with E-state index < -0.39 is 0 Å². The Labute approximate surface area is 127 Å². The monoisotopic (exact) mass is 296 g/mol. The molecule has 2 rings (SSSR count). The van der Waals surface area contributed by atoms with Gasteiger partial charge in [0.15, 0.2) is 0 Å². The van der Waals surface area contributed by atoms with Crippen LogP contribution in [-0.2, 0) is 14.3 Å². The number of nitrogens with one attached hydrogen (secondary N) is 1. The van der Waals surface area contributed by atoms with E-state index >= 15 is 0 Å². The third kappa shape index (κ3) is 4.04. The summed E-state index contributed by atoms with van der Waals surface area (Å²) in [7, 11) is 1.63. The Bertz CT molecular complexity index is 373. The van der Waals surface area contributed by atoms with Crippen molar-refractivity contribution in [1.29, 1.82) is 0 Å². The van der Waals surface area contributed by atoms with E-state index in [0.717, 1.165) is 45.1 Å². The van der Waals surface area contributed by atoms with Gasteiger partial charge in [-0.2, -0.15) is 0 Å². The maximum atomic E-state index is 12.2. The molecule has 3 unspecified atom stereocenters. The highest BCUT2D eigenvalue weighted by Gasteiger charge is 2.40. The maximum absolute atomic E-state index is 12.2. The van der Waals surface area contributed by atoms with Crippen molar-refractivity contribution in [3.8, 4) is 0 Å². The zero-order valence-electron chi connectivity index (χ0n) is 13.3. The molecular weight excluding hydrogens is 268 g/mol. The van der Waals surface area contributed by atoms with Gasteiger partial charge in [-0.05, 0) is 39.2 Å². The lowest BCUT2D eigenvalue weighted by Crippen LogP contribution is -2.51. The summed E-state index contributed by atoms with van der Waals surface area (Å²) in [6.45, 7) is 3.95. The lowest BCUT2D eigenvalue weighted by Gasteiger charge is -2.36. The van der Waals surface area contributed by atoms with Crippen molar-refractivity contribution in [2.45, 2.75) is 57.5 Å². The first kappa shape index (κ1) is 16.4. The molecule has 1 saturated heterocycles. The first-order chi connectivity index (χ1) is 10.1. The molecule has 1 saturated carbocycles. The van der Waals surface area contributed by atoms with Crippen molar-refractivity contribution >= 4 is 11.7 Å². The number of carbonyl (C=O) groups is 2. The van der Waals surface area contributed by atoms with Crippen molar-refractivity contribution in [1.82, 2.24) is 10.2 Å². The SMILES string of the molecule is COCCNC(=O)C(C)N1CCCC1C1CCCCC1=O. The number of methoxy groups -OCH3 is 1. The number of hydrogen-bond acceptors (Lipinski definition) is 4. The van der Waals surface area contributed by atoms with E-state index in [0.29, 0.717) is 18.9 Å². The molecule has 21 heavy (non-hydrogen) atoms. The van der Waals surface area contributed by atoms with Gasteiger partial charge in [-0.15, -0.1) is 0 Å². The Balaban J connectivity index is 1.93. The van der Waals surface area contributed by atoms with E-state index in [4.69, 9.17) is 4.74 Å². The van der Waals surface area contributed by atoms with E-state index in [1.54, 1.807) is 7.11 Å². The van der Waals surface area contributed by atoms with Crippen LogP contribution in [0.25, 0.3) is 0 Å². The standard InChI is InChI=1S/C16H28N2O3/c1-12(16(20)17-9-11-21-2)18-10-5-7-14(18)13-6-3-4-8-15(13)19/h12-14H,3-11H2,1-2H3,(H,17,20). The topological polar surface area (TPSA) is 58.6 Å². The fourth-order valence-electron chi connectivity index (χ4n) is 3.72. The van der Waals surface area contributed by atoms with Gasteiger partial charge in [-0.25, -0.2) is 0 Å². The molecule has 5 nitrogen and oxygen atoms in total. The fourth-order valence-corrected chi connectivity index (χ4v) is 3.72. The highest BCUT2D eigenvalue weighted by Crippen LogP contribution is 2.33. The smallest absolute Gasteiger partial charge is 0.237 e. The zero-order valence-corrected chi connectivity index (χ0v) is 13.3. The van der Waals surface area contributed by atoms with Crippen LogP contribution in [0, 0.1) is 5.92 Å². The zero-order chi connectivity index (χ0) is 15.2. The average molecular weight is 296 g/mol. The quantitative estimate of drug-likeness (QED) is 0.752. The predicted octanol–water partition coefficient (Wildman–Crippen LogP) is 1.36. The van der Waals surface area contributed by atoms with Gasteiger partial charge in [0, 0.05) is 32.0 Å². The van der Waals surface area contributed by atoms with Crippen LogP contribution < -0.4 is 5.32 Å². The normalized spacial score (nSPS) is 28.6. The minimum atomic E-state index is -0.163. The molecular formula is C16H28N2O3. The molecule has 1 aliphatic carbocycles. The van der Waals surface area contributed by atoms with Gasteiger partial charge in [-0.3, -0.25) is 14.5 Å². The molecule has 0 aromatic heterocycles. The van der Waals surface area contributed by atoms with E-state index in [1.807, 2.05) is 6.92 Å². The second-order valence-electron chi connectivity index (χ2n) is 6.23. The first-order valence-electron chi connectivity index (χ1n) is 8.20. The number of ketones is 1. The maximum Gasteiger partial charge on any atom is 0.237 e. The molecule has 2 aliphatic rings. The number of ether oxygens (including phenoxy) is 1. The summed E-state index contributed by atoms with van der Waals surface area (Å²) in [6, 6.07) is 0.102. The van der Waals surface area contributed by atoms with Crippen molar-refractivity contribution < 1.29 is 14.3 Å². The average Bonchev–Trinajstić information content (AvgIpc) is 2.96. The molecule has 2 fully saturated rings. The van der Waals surface area contributed by atoms with Crippen molar-refractivity contribution in [3.63, 3.8) is 0 Å². The van der Waals surface area contributed by atoms with Crippen molar-refractivity contribution in [2.75, 3.05) is 26.8 Å². The molecule has 0 aromatic rings. The second kappa shape index (κ2) is 7.90. The summed E-state index contributed by atoms with van der Waals surface area (Å²) in [5.41, 5.74) is 0. The molecule has 5 heteroatoms. The van der Waals surface area contributed by atoms with E-state index in [2.05, 4.69) is 10.2 Å². The number of rotatable bonds is 6. The third-order valence-corrected chi connectivity index (χ3v) is 4.89. The van der Waals surface area contributed by atoms with Gasteiger partial charge >= 0.3 is 0 Å². The van der Waals surface area contributed by atoms with Crippen LogP contribution in [0.15, 0.2) is 0 Å². The fraction of sp³-hybridized carbons (Fsp3) is 0.875. The van der Waals surface area contributed by atoms with Crippen LogP contribution in [-0.4, -0.2) is 55.5 Å². The Morgan fingerprint density at radius 2 is 2.19 bits per heavy atom. The molecule has 0 radical (unpaired) electrons. The largest absolute Gasteiger partial charge is 0.383 e. The molecule has 3 atom stereocenters. The summed E-state index contributed by atoms with van der Waals surface area (Å²) < 4.78 is 4.95. The molecule has 1 N–H and O–H groups in total. The van der Waals surface area contributed by atoms with Gasteiger partial charge in [0.25, 0.3) is 0 Å². The molecule has 120 valence electrons. The van der Waals surface area contributed by atoms with Gasteiger partial charge in [-0.1, -0.05) is 6.42 Å². The number of nitrogens with zero attached hydrogens (tertiary/aromatic N) is 1. The van der Waals surface area contributed by atoms with Gasteiger partial charge in [0.2, 0.25) is 5.91 Å². The highest BCUT2D eigenvalue weighted by atomic mass is 16.5. The Kier molecular flexibility index (Phi) is 6.18. The van der Waals surface area contributed by atoms with Crippen molar-refractivity contribution in [2.24, 2.45) is 5.92 Å². The van der Waals surface area contributed by atoms with Crippen LogP contribution in [0.5, 0.6) is 0 Å². The summed E-state index contributed by atoms with van der Waals surface area (Å²) in [4.78, 5) is 26.7. The highest BCUT2D eigenvalue weighted by molar-refractivity contribution is 5.83. The summed E-state index contributed by atoms with van der Waals surface area (Å²) in [5.74, 6) is 0.600. The number of amides is 1. The Morgan fingerprint density at radius 3 is 2.90 bits per heavy atom. The molecule has 1 amide bonds. The first-order valence-corrected chi connectivity index (χ1v) is 8.20. The van der Waals surface area contributed by atoms with E-state index in [-0.39, 0.29) is 23.9 Å². The molecule has 1 aliphatic heterocycles. The number of Topliss-reactive ketones (excluding diaryl/α,β-unsaturated/α-hetero) is 1. The summed E-state index contributed by atoms with van der Waals surface area (Å²) in [6.07, 6.45) is 6.04. The van der Waals surface area contributed by atoms with Gasteiger partial charge in [0.1, 0.15) is 5.78 Å². The van der Waals surface area contributed by atoms with Crippen LogP contribution in [0.3, 0.4) is 0 Å². The number of likely N-dealkylation sites (tertiary alicyclic amines) is 1. The number of hydrogen-bond donors (Lipinski definition) is 1. The number of carbonyl (C=O) groups excluding carboxylic acids is 2. The van der Waals surface area contributed by atoms with Gasteiger partial charge < -0.3 is 10.1 Å². The minimum Gasteiger partial charge on any atom is -0.383 e. The predicted molar refractivity (Wildman–Crippen MR) is 81.0 cm³/mol. The minimum absolute atomic E-state index is 0.0437. The molecule has 0 spiro atoms.